The Hall–Kier alpha value is -1.60. The van der Waals surface area contributed by atoms with Gasteiger partial charge < -0.3 is 9.84 Å². The molecule has 1 aromatic rings. The third kappa shape index (κ3) is 4.68. The summed E-state index contributed by atoms with van der Waals surface area (Å²) in [5, 5.41) is 9.85. The zero-order chi connectivity index (χ0) is 17.0. The van der Waals surface area contributed by atoms with Gasteiger partial charge in [-0.25, -0.2) is 0 Å². The molecule has 1 aliphatic heterocycles. The Morgan fingerprint density at radius 2 is 2.00 bits per heavy atom. The minimum absolute atomic E-state index is 0.192. The summed E-state index contributed by atoms with van der Waals surface area (Å²) in [5.74, 6) is -0.319. The van der Waals surface area contributed by atoms with Gasteiger partial charge in [-0.15, -0.1) is 0 Å². The SMILES string of the molecule is CCOC(=O)CCN1CC(O)CC1c1ccc(C(F)(F)F)cc1. The van der Waals surface area contributed by atoms with E-state index in [-0.39, 0.29) is 18.4 Å². The van der Waals surface area contributed by atoms with E-state index in [2.05, 4.69) is 0 Å². The number of halogens is 3. The van der Waals surface area contributed by atoms with Gasteiger partial charge in [0.05, 0.1) is 24.7 Å². The molecule has 0 amide bonds. The van der Waals surface area contributed by atoms with Crippen LogP contribution in [0.4, 0.5) is 13.2 Å². The Morgan fingerprint density at radius 3 is 2.57 bits per heavy atom. The minimum atomic E-state index is -4.36. The Labute approximate surface area is 132 Å². The van der Waals surface area contributed by atoms with Crippen LogP contribution in [0.15, 0.2) is 24.3 Å². The summed E-state index contributed by atoms with van der Waals surface area (Å²) in [5.41, 5.74) is 0.0104. The van der Waals surface area contributed by atoms with Crippen molar-refractivity contribution in [1.82, 2.24) is 4.90 Å². The largest absolute Gasteiger partial charge is 0.466 e. The van der Waals surface area contributed by atoms with Crippen molar-refractivity contribution in [3.8, 4) is 0 Å². The predicted octanol–water partition coefficient (Wildman–Crippen LogP) is 2.77. The molecule has 1 aliphatic rings. The maximum absolute atomic E-state index is 12.6. The van der Waals surface area contributed by atoms with Crippen LogP contribution < -0.4 is 0 Å². The van der Waals surface area contributed by atoms with E-state index in [4.69, 9.17) is 4.74 Å². The maximum Gasteiger partial charge on any atom is 0.416 e. The van der Waals surface area contributed by atoms with E-state index in [9.17, 15) is 23.1 Å². The summed E-state index contributed by atoms with van der Waals surface area (Å²) in [6.45, 7) is 2.83. The van der Waals surface area contributed by atoms with Gasteiger partial charge in [-0.1, -0.05) is 12.1 Å². The Balaban J connectivity index is 2.05. The molecule has 0 aliphatic carbocycles. The van der Waals surface area contributed by atoms with Gasteiger partial charge in [0.2, 0.25) is 0 Å². The van der Waals surface area contributed by atoms with Crippen molar-refractivity contribution in [2.45, 2.75) is 38.1 Å². The fourth-order valence-electron chi connectivity index (χ4n) is 2.84. The van der Waals surface area contributed by atoms with Crippen LogP contribution in [0, 0.1) is 0 Å². The molecule has 128 valence electrons. The summed E-state index contributed by atoms with van der Waals surface area (Å²) < 4.78 is 42.7. The minimum Gasteiger partial charge on any atom is -0.466 e. The molecule has 1 aromatic carbocycles. The molecule has 1 fully saturated rings. The highest BCUT2D eigenvalue weighted by Crippen LogP contribution is 2.35. The lowest BCUT2D eigenvalue weighted by molar-refractivity contribution is -0.143. The summed E-state index contributed by atoms with van der Waals surface area (Å²) in [7, 11) is 0. The van der Waals surface area contributed by atoms with E-state index in [1.807, 2.05) is 4.90 Å². The monoisotopic (exact) mass is 331 g/mol. The molecule has 2 rings (SSSR count). The highest BCUT2D eigenvalue weighted by molar-refractivity contribution is 5.69. The zero-order valence-electron chi connectivity index (χ0n) is 12.8. The first-order valence-corrected chi connectivity index (χ1v) is 7.56. The number of aliphatic hydroxyl groups excluding tert-OH is 1. The molecule has 0 spiro atoms. The number of hydrogen-bond donors (Lipinski definition) is 1. The second-order valence-electron chi connectivity index (χ2n) is 5.58. The van der Waals surface area contributed by atoms with Crippen LogP contribution in [0.25, 0.3) is 0 Å². The molecule has 0 bridgehead atoms. The third-order valence-electron chi connectivity index (χ3n) is 3.91. The van der Waals surface area contributed by atoms with Crippen molar-refractivity contribution in [2.75, 3.05) is 19.7 Å². The van der Waals surface area contributed by atoms with Crippen LogP contribution in [0.1, 0.15) is 36.9 Å². The molecule has 1 saturated heterocycles. The quantitative estimate of drug-likeness (QED) is 0.843. The van der Waals surface area contributed by atoms with Gasteiger partial charge in [-0.3, -0.25) is 9.69 Å². The van der Waals surface area contributed by atoms with Gasteiger partial charge in [0.25, 0.3) is 0 Å². The van der Waals surface area contributed by atoms with Crippen LogP contribution in [0.2, 0.25) is 0 Å². The Kier molecular flexibility index (Phi) is 5.64. The molecule has 4 nitrogen and oxygen atoms in total. The molecule has 0 saturated carbocycles. The van der Waals surface area contributed by atoms with Crippen molar-refractivity contribution < 1.29 is 27.8 Å². The fraction of sp³-hybridized carbons (Fsp3) is 0.562. The summed E-state index contributed by atoms with van der Waals surface area (Å²) in [6.07, 6.45) is -4.28. The molecular formula is C16H20F3NO3. The van der Waals surface area contributed by atoms with Crippen LogP contribution in [0.5, 0.6) is 0 Å². The van der Waals surface area contributed by atoms with Gasteiger partial charge in [0.15, 0.2) is 0 Å². The van der Waals surface area contributed by atoms with Crippen LogP contribution >= 0.6 is 0 Å². The second kappa shape index (κ2) is 7.31. The number of nitrogens with zero attached hydrogens (tertiary/aromatic N) is 1. The first-order valence-electron chi connectivity index (χ1n) is 7.56. The average molecular weight is 331 g/mol. The van der Waals surface area contributed by atoms with E-state index >= 15 is 0 Å². The average Bonchev–Trinajstić information content (AvgIpc) is 2.86. The first-order chi connectivity index (χ1) is 10.8. The topological polar surface area (TPSA) is 49.8 Å². The highest BCUT2D eigenvalue weighted by atomic mass is 19.4. The maximum atomic E-state index is 12.6. The molecule has 2 unspecified atom stereocenters. The number of carbonyl (C=O) groups excluding carboxylic acids is 1. The second-order valence-corrected chi connectivity index (χ2v) is 5.58. The van der Waals surface area contributed by atoms with Crippen LogP contribution in [-0.2, 0) is 15.7 Å². The number of likely N-dealkylation sites (tertiary alicyclic amines) is 1. The van der Waals surface area contributed by atoms with Crippen molar-refractivity contribution in [3.63, 3.8) is 0 Å². The molecule has 7 heteroatoms. The van der Waals surface area contributed by atoms with Crippen LogP contribution in [0.3, 0.4) is 0 Å². The number of aliphatic hydroxyl groups is 1. The number of benzene rings is 1. The number of ether oxygens (including phenoxy) is 1. The summed E-state index contributed by atoms with van der Waals surface area (Å²) in [6, 6.07) is 4.76. The lowest BCUT2D eigenvalue weighted by Crippen LogP contribution is -2.28. The van der Waals surface area contributed by atoms with Gasteiger partial charge in [-0.2, -0.15) is 13.2 Å². The number of β-amino-alcohol motifs (C(OH)–C–C–N with tert-alkyl or cyclic N) is 1. The smallest absolute Gasteiger partial charge is 0.416 e. The lowest BCUT2D eigenvalue weighted by atomic mass is 10.0. The number of esters is 1. The van der Waals surface area contributed by atoms with E-state index in [1.165, 1.54) is 12.1 Å². The normalized spacial score (nSPS) is 22.3. The van der Waals surface area contributed by atoms with Gasteiger partial charge in [0, 0.05) is 19.1 Å². The number of carbonyl (C=O) groups is 1. The van der Waals surface area contributed by atoms with Crippen molar-refractivity contribution in [1.29, 1.82) is 0 Å². The number of rotatable bonds is 5. The Bertz CT molecular complexity index is 530. The van der Waals surface area contributed by atoms with E-state index < -0.39 is 17.8 Å². The summed E-state index contributed by atoms with van der Waals surface area (Å²) in [4.78, 5) is 13.4. The van der Waals surface area contributed by atoms with E-state index in [0.29, 0.717) is 31.7 Å². The van der Waals surface area contributed by atoms with Gasteiger partial charge >= 0.3 is 12.1 Å². The fourth-order valence-corrected chi connectivity index (χ4v) is 2.84. The van der Waals surface area contributed by atoms with Crippen LogP contribution in [-0.4, -0.2) is 41.8 Å². The van der Waals surface area contributed by atoms with Crippen molar-refractivity contribution in [2.24, 2.45) is 0 Å². The molecular weight excluding hydrogens is 311 g/mol. The van der Waals surface area contributed by atoms with Crippen molar-refractivity contribution >= 4 is 5.97 Å². The molecule has 2 atom stereocenters. The number of hydrogen-bond acceptors (Lipinski definition) is 4. The molecule has 1 heterocycles. The molecule has 0 radical (unpaired) electrons. The highest BCUT2D eigenvalue weighted by Gasteiger charge is 2.34. The zero-order valence-corrected chi connectivity index (χ0v) is 12.8. The van der Waals surface area contributed by atoms with Gasteiger partial charge in [-0.05, 0) is 31.0 Å². The number of alkyl halides is 3. The predicted molar refractivity (Wildman–Crippen MR) is 77.6 cm³/mol. The first kappa shape index (κ1) is 17.7. The van der Waals surface area contributed by atoms with Crippen molar-refractivity contribution in [3.05, 3.63) is 35.4 Å². The molecule has 1 N–H and O–H groups in total. The Morgan fingerprint density at radius 1 is 1.35 bits per heavy atom. The third-order valence-corrected chi connectivity index (χ3v) is 3.91. The standard InChI is InChI=1S/C16H20F3NO3/c1-2-23-15(22)7-8-20-10-13(21)9-14(20)11-3-5-12(6-4-11)16(17,18)19/h3-6,13-14,21H,2,7-10H2,1H3. The summed E-state index contributed by atoms with van der Waals surface area (Å²) >= 11 is 0. The van der Waals surface area contributed by atoms with E-state index in [0.717, 1.165) is 12.1 Å². The van der Waals surface area contributed by atoms with Gasteiger partial charge in [0.1, 0.15) is 0 Å². The van der Waals surface area contributed by atoms with E-state index in [1.54, 1.807) is 6.92 Å². The lowest BCUT2D eigenvalue weighted by Gasteiger charge is -2.24. The molecule has 0 aromatic heterocycles. The molecule has 23 heavy (non-hydrogen) atoms.